The van der Waals surface area contributed by atoms with Crippen LogP contribution in [-0.4, -0.2) is 39.3 Å². The van der Waals surface area contributed by atoms with Gasteiger partial charge in [0.15, 0.2) is 18.1 Å². The quantitative estimate of drug-likeness (QED) is 0.506. The van der Waals surface area contributed by atoms with E-state index in [0.29, 0.717) is 11.4 Å². The Kier molecular flexibility index (Phi) is 7.96. The zero-order chi connectivity index (χ0) is 21.2. The highest BCUT2D eigenvalue weighted by Crippen LogP contribution is 2.33. The maximum atomic E-state index is 12.6. The third-order valence-corrected chi connectivity index (χ3v) is 3.56. The number of carbonyl (C=O) groups is 2. The standard InChI is InChI=1S/C20H19F2NO6/c1-26-15-8-4-3-7-14(15)23-17(24)12-28-18(25)11-10-13-6-5-9-16(27-2)19(13)29-20(21)22/h3-11,20H,12H2,1-2H3,(H,23,24)/b11-10+. The number of hydrogen-bond acceptors (Lipinski definition) is 6. The van der Waals surface area contributed by atoms with Crippen LogP contribution in [0.5, 0.6) is 17.2 Å². The fourth-order valence-electron chi connectivity index (χ4n) is 2.32. The van der Waals surface area contributed by atoms with Gasteiger partial charge < -0.3 is 24.3 Å². The fourth-order valence-corrected chi connectivity index (χ4v) is 2.32. The molecular weight excluding hydrogens is 388 g/mol. The van der Waals surface area contributed by atoms with E-state index in [1.54, 1.807) is 30.3 Å². The van der Waals surface area contributed by atoms with Crippen LogP contribution in [0.3, 0.4) is 0 Å². The molecule has 0 aromatic heterocycles. The van der Waals surface area contributed by atoms with Crippen LogP contribution in [0.4, 0.5) is 14.5 Å². The van der Waals surface area contributed by atoms with Crippen LogP contribution < -0.4 is 19.5 Å². The lowest BCUT2D eigenvalue weighted by Gasteiger charge is -2.12. The highest BCUT2D eigenvalue weighted by Gasteiger charge is 2.14. The minimum absolute atomic E-state index is 0.0806. The number of hydrogen-bond donors (Lipinski definition) is 1. The summed E-state index contributed by atoms with van der Waals surface area (Å²) in [6.45, 7) is -3.61. The summed E-state index contributed by atoms with van der Waals surface area (Å²) in [4.78, 5) is 23.8. The molecule has 0 fully saturated rings. The van der Waals surface area contributed by atoms with E-state index >= 15 is 0 Å². The van der Waals surface area contributed by atoms with Crippen molar-refractivity contribution in [2.75, 3.05) is 26.1 Å². The summed E-state index contributed by atoms with van der Waals surface area (Å²) in [5, 5.41) is 2.55. The summed E-state index contributed by atoms with van der Waals surface area (Å²) in [6.07, 6.45) is 2.21. The van der Waals surface area contributed by atoms with Crippen LogP contribution in [-0.2, 0) is 14.3 Å². The first kappa shape index (κ1) is 21.7. The van der Waals surface area contributed by atoms with Gasteiger partial charge in [-0.1, -0.05) is 24.3 Å². The van der Waals surface area contributed by atoms with Gasteiger partial charge in [-0.2, -0.15) is 8.78 Å². The monoisotopic (exact) mass is 407 g/mol. The Morgan fingerprint density at radius 3 is 2.41 bits per heavy atom. The molecule has 0 saturated heterocycles. The molecule has 0 aliphatic carbocycles. The van der Waals surface area contributed by atoms with Gasteiger partial charge in [-0.05, 0) is 24.3 Å². The van der Waals surface area contributed by atoms with Crippen molar-refractivity contribution in [3.8, 4) is 17.2 Å². The van der Waals surface area contributed by atoms with Crippen molar-refractivity contribution in [3.05, 3.63) is 54.1 Å². The minimum atomic E-state index is -3.07. The van der Waals surface area contributed by atoms with Gasteiger partial charge in [-0.15, -0.1) is 0 Å². The van der Waals surface area contributed by atoms with E-state index in [1.807, 2.05) is 0 Å². The molecule has 0 aliphatic rings. The Balaban J connectivity index is 1.97. The maximum Gasteiger partial charge on any atom is 0.387 e. The van der Waals surface area contributed by atoms with Gasteiger partial charge in [0.2, 0.25) is 0 Å². The average molecular weight is 407 g/mol. The SMILES string of the molecule is COc1ccccc1NC(=O)COC(=O)/C=C/c1cccc(OC)c1OC(F)F. The number of amides is 1. The van der Waals surface area contributed by atoms with Crippen molar-refractivity contribution in [3.63, 3.8) is 0 Å². The van der Waals surface area contributed by atoms with Gasteiger partial charge >= 0.3 is 12.6 Å². The van der Waals surface area contributed by atoms with Gasteiger partial charge in [-0.3, -0.25) is 4.79 Å². The molecule has 154 valence electrons. The topological polar surface area (TPSA) is 83.1 Å². The first-order valence-corrected chi connectivity index (χ1v) is 8.34. The molecule has 2 aromatic carbocycles. The highest BCUT2D eigenvalue weighted by molar-refractivity contribution is 5.95. The van der Waals surface area contributed by atoms with Gasteiger partial charge in [0.1, 0.15) is 5.75 Å². The Hall–Kier alpha value is -3.62. The molecule has 0 atom stereocenters. The van der Waals surface area contributed by atoms with Crippen LogP contribution in [0.2, 0.25) is 0 Å². The first-order chi connectivity index (χ1) is 13.9. The number of anilines is 1. The molecule has 29 heavy (non-hydrogen) atoms. The third kappa shape index (κ3) is 6.49. The molecule has 2 aromatic rings. The summed E-state index contributed by atoms with van der Waals surface area (Å²) < 4.78 is 44.6. The predicted molar refractivity (Wildman–Crippen MR) is 101 cm³/mol. The van der Waals surface area contributed by atoms with Crippen LogP contribution in [0.15, 0.2) is 48.5 Å². The maximum absolute atomic E-state index is 12.6. The number of esters is 1. The number of carbonyl (C=O) groups excluding carboxylic acids is 2. The second-order valence-electron chi connectivity index (χ2n) is 5.45. The molecule has 0 radical (unpaired) electrons. The van der Waals surface area contributed by atoms with Gasteiger partial charge in [0, 0.05) is 11.6 Å². The summed E-state index contributed by atoms with van der Waals surface area (Å²) in [5.74, 6) is -1.10. The van der Waals surface area contributed by atoms with Crippen molar-refractivity contribution in [1.82, 2.24) is 0 Å². The Morgan fingerprint density at radius 2 is 1.72 bits per heavy atom. The minimum Gasteiger partial charge on any atom is -0.495 e. The van der Waals surface area contributed by atoms with Gasteiger partial charge in [0.25, 0.3) is 5.91 Å². The molecule has 0 unspecified atom stereocenters. The Labute approximate surface area is 165 Å². The lowest BCUT2D eigenvalue weighted by molar-refractivity contribution is -0.142. The predicted octanol–water partition coefficient (Wildman–Crippen LogP) is 3.50. The molecule has 0 heterocycles. The van der Waals surface area contributed by atoms with Crippen LogP contribution >= 0.6 is 0 Å². The fraction of sp³-hybridized carbons (Fsp3) is 0.200. The van der Waals surface area contributed by atoms with E-state index in [2.05, 4.69) is 10.1 Å². The van der Waals surface area contributed by atoms with Crippen LogP contribution in [0.1, 0.15) is 5.56 Å². The van der Waals surface area contributed by atoms with Crippen LogP contribution in [0, 0.1) is 0 Å². The zero-order valence-electron chi connectivity index (χ0n) is 15.7. The number of nitrogens with one attached hydrogen (secondary N) is 1. The molecular formula is C20H19F2NO6. The van der Waals surface area contributed by atoms with E-state index in [4.69, 9.17) is 14.2 Å². The molecule has 2 rings (SSSR count). The summed E-state index contributed by atoms with van der Waals surface area (Å²) in [5.41, 5.74) is 0.608. The molecule has 0 aliphatic heterocycles. The van der Waals surface area contributed by atoms with E-state index in [1.165, 1.54) is 32.4 Å². The van der Waals surface area contributed by atoms with Gasteiger partial charge in [0.05, 0.1) is 19.9 Å². The van der Waals surface area contributed by atoms with E-state index in [-0.39, 0.29) is 17.1 Å². The van der Waals surface area contributed by atoms with Crippen molar-refractivity contribution in [1.29, 1.82) is 0 Å². The number of benzene rings is 2. The van der Waals surface area contributed by atoms with Crippen LogP contribution in [0.25, 0.3) is 6.08 Å². The molecule has 0 saturated carbocycles. The second-order valence-corrected chi connectivity index (χ2v) is 5.45. The molecule has 0 bridgehead atoms. The second kappa shape index (κ2) is 10.6. The molecule has 1 amide bonds. The number of alkyl halides is 2. The van der Waals surface area contributed by atoms with Crippen molar-refractivity contribution >= 4 is 23.6 Å². The smallest absolute Gasteiger partial charge is 0.387 e. The molecule has 9 heteroatoms. The lowest BCUT2D eigenvalue weighted by Crippen LogP contribution is -2.20. The number of ether oxygens (including phenoxy) is 4. The van der Waals surface area contributed by atoms with Gasteiger partial charge in [-0.25, -0.2) is 4.79 Å². The van der Waals surface area contributed by atoms with Crippen molar-refractivity contribution in [2.24, 2.45) is 0 Å². The van der Waals surface area contributed by atoms with Crippen molar-refractivity contribution in [2.45, 2.75) is 6.61 Å². The summed E-state index contributed by atoms with van der Waals surface area (Å²) >= 11 is 0. The van der Waals surface area contributed by atoms with E-state index in [0.717, 1.165) is 6.08 Å². The number of rotatable bonds is 9. The lowest BCUT2D eigenvalue weighted by atomic mass is 10.1. The zero-order valence-corrected chi connectivity index (χ0v) is 15.7. The molecule has 7 nitrogen and oxygen atoms in total. The van der Waals surface area contributed by atoms with Crippen molar-refractivity contribution < 1.29 is 37.3 Å². The summed E-state index contributed by atoms with van der Waals surface area (Å²) in [7, 11) is 2.76. The first-order valence-electron chi connectivity index (χ1n) is 8.34. The number of para-hydroxylation sites is 3. The number of methoxy groups -OCH3 is 2. The largest absolute Gasteiger partial charge is 0.495 e. The third-order valence-electron chi connectivity index (χ3n) is 3.56. The van der Waals surface area contributed by atoms with E-state index < -0.39 is 25.1 Å². The Morgan fingerprint density at radius 1 is 1.03 bits per heavy atom. The normalized spacial score (nSPS) is 10.7. The molecule has 1 N–H and O–H groups in total. The Bertz CT molecular complexity index is 885. The average Bonchev–Trinajstić information content (AvgIpc) is 2.71. The molecule has 0 spiro atoms. The summed E-state index contributed by atoms with van der Waals surface area (Å²) in [6, 6.07) is 11.2. The number of halogens is 2. The highest BCUT2D eigenvalue weighted by atomic mass is 19.3. The van der Waals surface area contributed by atoms with E-state index in [9.17, 15) is 18.4 Å².